The molecule has 1 saturated heterocycles. The average Bonchev–Trinajstić information content (AvgIpc) is 3.14. The largest absolute Gasteiger partial charge is 0.463 e. The highest BCUT2D eigenvalue weighted by Gasteiger charge is 2.49. The lowest BCUT2D eigenvalue weighted by Crippen LogP contribution is -2.38. The molecular weight excluding hydrogens is 364 g/mol. The molecule has 0 spiro atoms. The van der Waals surface area contributed by atoms with Gasteiger partial charge in [-0.2, -0.15) is 0 Å². The Labute approximate surface area is 153 Å². The molecule has 0 aliphatic carbocycles. The van der Waals surface area contributed by atoms with Gasteiger partial charge in [-0.3, -0.25) is 14.2 Å². The predicted octanol–water partition coefficient (Wildman–Crippen LogP) is 0.896. The van der Waals surface area contributed by atoms with E-state index in [0.717, 1.165) is 0 Å². The van der Waals surface area contributed by atoms with Crippen molar-refractivity contribution in [2.75, 3.05) is 13.7 Å². The zero-order chi connectivity index (χ0) is 18.8. The smallest absolute Gasteiger partial charge is 0.303 e. The van der Waals surface area contributed by atoms with Crippen LogP contribution in [0, 0.1) is 4.64 Å². The molecule has 3 rings (SSSR count). The van der Waals surface area contributed by atoms with Gasteiger partial charge in [-0.1, -0.05) is 12.2 Å². The Morgan fingerprint density at radius 3 is 2.73 bits per heavy atom. The van der Waals surface area contributed by atoms with E-state index in [1.807, 2.05) is 0 Å². The highest BCUT2D eigenvalue weighted by molar-refractivity contribution is 7.71. The lowest BCUT2D eigenvalue weighted by molar-refractivity contribution is -0.156. The minimum absolute atomic E-state index is 0.0354. The van der Waals surface area contributed by atoms with Crippen molar-refractivity contribution in [2.45, 2.75) is 38.4 Å². The van der Waals surface area contributed by atoms with Crippen LogP contribution in [0.2, 0.25) is 0 Å². The minimum atomic E-state index is -0.773. The first-order valence-corrected chi connectivity index (χ1v) is 8.22. The third-order valence-electron chi connectivity index (χ3n) is 3.96. The number of esters is 2. The molecule has 0 amide bonds. The summed E-state index contributed by atoms with van der Waals surface area (Å²) in [5.74, 6) is -0.933. The first-order chi connectivity index (χ1) is 12.4. The molecule has 0 saturated carbocycles. The van der Waals surface area contributed by atoms with Gasteiger partial charge < -0.3 is 23.9 Å². The van der Waals surface area contributed by atoms with Crippen molar-refractivity contribution >= 4 is 35.3 Å². The second-order valence-corrected chi connectivity index (χ2v) is 6.09. The van der Waals surface area contributed by atoms with Gasteiger partial charge in [0.1, 0.15) is 30.0 Å². The highest BCUT2D eigenvalue weighted by atomic mass is 32.1. The molecule has 0 aromatic carbocycles. The number of rotatable bonds is 5. The van der Waals surface area contributed by atoms with E-state index in [1.165, 1.54) is 33.6 Å². The fraction of sp³-hybridized carbons (Fsp3) is 0.533. The normalized spacial score (nSPS) is 25.3. The predicted molar refractivity (Wildman–Crippen MR) is 89.6 cm³/mol. The van der Waals surface area contributed by atoms with Crippen LogP contribution in [-0.2, 0) is 28.5 Å². The molecule has 0 radical (unpaired) electrons. The maximum Gasteiger partial charge on any atom is 0.303 e. The van der Waals surface area contributed by atoms with E-state index in [9.17, 15) is 9.59 Å². The minimum Gasteiger partial charge on any atom is -0.463 e. The van der Waals surface area contributed by atoms with Crippen molar-refractivity contribution in [1.29, 1.82) is 0 Å². The summed E-state index contributed by atoms with van der Waals surface area (Å²) in [4.78, 5) is 33.9. The van der Waals surface area contributed by atoms with Crippen molar-refractivity contribution < 1.29 is 28.5 Å². The van der Waals surface area contributed by atoms with Crippen LogP contribution in [0.25, 0.3) is 11.2 Å². The molecule has 11 heteroatoms. The molecule has 1 aliphatic heterocycles. The highest BCUT2D eigenvalue weighted by Crippen LogP contribution is 2.35. The molecule has 1 aliphatic rings. The first-order valence-electron chi connectivity index (χ1n) is 7.81. The second kappa shape index (κ2) is 7.48. The summed E-state index contributed by atoms with van der Waals surface area (Å²) in [5.41, 5.74) is 1.06. The molecule has 1 N–H and O–H groups in total. The summed E-state index contributed by atoms with van der Waals surface area (Å²) in [7, 11) is 1.47. The van der Waals surface area contributed by atoms with Crippen LogP contribution >= 0.6 is 12.2 Å². The summed E-state index contributed by atoms with van der Waals surface area (Å²) < 4.78 is 23.9. The van der Waals surface area contributed by atoms with Crippen molar-refractivity contribution in [1.82, 2.24) is 19.5 Å². The van der Waals surface area contributed by atoms with Crippen LogP contribution in [0.1, 0.15) is 20.1 Å². The number of nitrogens with one attached hydrogen (secondary N) is 1. The number of aromatic amines is 1. The molecule has 0 bridgehead atoms. The Balaban J connectivity index is 1.99. The molecule has 4 atom stereocenters. The maximum atomic E-state index is 11.6. The van der Waals surface area contributed by atoms with E-state index < -0.39 is 36.5 Å². The van der Waals surface area contributed by atoms with Gasteiger partial charge in [-0.15, -0.1) is 0 Å². The number of methoxy groups -OCH3 is 1. The third-order valence-corrected chi connectivity index (χ3v) is 4.26. The molecular formula is C15H18N4O6S. The SMILES string of the molecule is CO[C@H]1[C@H](OC(C)=O)[C@H](n2cnc3c(=S)nc[nH]c32)O[C@@H]1COC(C)=O. The molecule has 2 aromatic rings. The van der Waals surface area contributed by atoms with Crippen LogP contribution in [0.4, 0.5) is 0 Å². The van der Waals surface area contributed by atoms with Crippen LogP contribution in [0.15, 0.2) is 12.7 Å². The molecule has 3 heterocycles. The number of hydrogen-bond acceptors (Lipinski definition) is 9. The first kappa shape index (κ1) is 18.4. The monoisotopic (exact) mass is 382 g/mol. The number of H-pyrrole nitrogens is 1. The fourth-order valence-electron chi connectivity index (χ4n) is 2.93. The number of ether oxygens (including phenoxy) is 4. The van der Waals surface area contributed by atoms with Crippen molar-refractivity contribution in [3.8, 4) is 0 Å². The van der Waals surface area contributed by atoms with Crippen LogP contribution < -0.4 is 0 Å². The Morgan fingerprint density at radius 1 is 1.31 bits per heavy atom. The Kier molecular flexibility index (Phi) is 5.30. The topological polar surface area (TPSA) is 118 Å². The maximum absolute atomic E-state index is 11.6. The molecule has 140 valence electrons. The van der Waals surface area contributed by atoms with Crippen LogP contribution in [0.3, 0.4) is 0 Å². The number of carbonyl (C=O) groups excluding carboxylic acids is 2. The van der Waals surface area contributed by atoms with Crippen molar-refractivity contribution in [2.24, 2.45) is 0 Å². The zero-order valence-electron chi connectivity index (χ0n) is 14.4. The molecule has 1 fully saturated rings. The van der Waals surface area contributed by atoms with E-state index in [1.54, 1.807) is 4.57 Å². The lowest BCUT2D eigenvalue weighted by atomic mass is 10.1. The lowest BCUT2D eigenvalue weighted by Gasteiger charge is -2.23. The Hall–Kier alpha value is -2.37. The van der Waals surface area contributed by atoms with Gasteiger partial charge in [-0.25, -0.2) is 9.97 Å². The van der Waals surface area contributed by atoms with Gasteiger partial charge in [-0.05, 0) is 0 Å². The van der Waals surface area contributed by atoms with Gasteiger partial charge in [0.25, 0.3) is 0 Å². The summed E-state index contributed by atoms with van der Waals surface area (Å²) in [5, 5.41) is 0. The van der Waals surface area contributed by atoms with E-state index in [-0.39, 0.29) is 6.61 Å². The summed E-state index contributed by atoms with van der Waals surface area (Å²) in [6.07, 6.45) is 0.183. The van der Waals surface area contributed by atoms with E-state index in [4.69, 9.17) is 31.2 Å². The average molecular weight is 382 g/mol. The van der Waals surface area contributed by atoms with Crippen LogP contribution in [0.5, 0.6) is 0 Å². The van der Waals surface area contributed by atoms with E-state index >= 15 is 0 Å². The standard InChI is InChI=1S/C15H18N4O6S/c1-7(20)23-4-9-11(22-3)12(24-8(2)21)15(25-9)19-6-18-10-13(19)16-5-17-14(10)26/h5-6,9,11-12,15H,4H2,1-3H3,(H,16,17,26)/t9-,11-,12+,15-/m1/s1. The zero-order valence-corrected chi connectivity index (χ0v) is 15.2. The van der Waals surface area contributed by atoms with E-state index in [2.05, 4.69) is 15.0 Å². The van der Waals surface area contributed by atoms with Gasteiger partial charge in [0.15, 0.2) is 17.0 Å². The molecule has 0 unspecified atom stereocenters. The Bertz CT molecular complexity index is 880. The summed E-state index contributed by atoms with van der Waals surface area (Å²) in [6, 6.07) is 0. The van der Waals surface area contributed by atoms with Gasteiger partial charge in [0.2, 0.25) is 0 Å². The molecule has 10 nitrogen and oxygen atoms in total. The van der Waals surface area contributed by atoms with Crippen LogP contribution in [-0.4, -0.2) is 63.5 Å². The number of imidazole rings is 1. The number of nitrogens with zero attached hydrogens (tertiary/aromatic N) is 3. The van der Waals surface area contributed by atoms with Gasteiger partial charge in [0, 0.05) is 21.0 Å². The van der Waals surface area contributed by atoms with Crippen molar-refractivity contribution in [3.05, 3.63) is 17.3 Å². The summed E-state index contributed by atoms with van der Waals surface area (Å²) in [6.45, 7) is 2.56. The van der Waals surface area contributed by atoms with Crippen molar-refractivity contribution in [3.63, 3.8) is 0 Å². The fourth-order valence-corrected chi connectivity index (χ4v) is 3.14. The summed E-state index contributed by atoms with van der Waals surface area (Å²) >= 11 is 5.17. The second-order valence-electron chi connectivity index (χ2n) is 5.70. The van der Waals surface area contributed by atoms with Gasteiger partial charge >= 0.3 is 11.9 Å². The third kappa shape index (κ3) is 3.45. The number of carbonyl (C=O) groups is 2. The quantitative estimate of drug-likeness (QED) is 0.594. The van der Waals surface area contributed by atoms with Gasteiger partial charge in [0.05, 0.1) is 12.7 Å². The number of aromatic nitrogens is 4. The molecule has 2 aromatic heterocycles. The molecule has 26 heavy (non-hydrogen) atoms. The Morgan fingerprint density at radius 2 is 2.08 bits per heavy atom. The number of hydrogen-bond donors (Lipinski definition) is 1. The van der Waals surface area contributed by atoms with E-state index in [0.29, 0.717) is 15.8 Å². The number of fused-ring (bicyclic) bond motifs is 1.